The molecule has 0 spiro atoms. The van der Waals surface area contributed by atoms with Crippen LogP contribution in [0.15, 0.2) is 23.3 Å². The lowest BCUT2D eigenvalue weighted by Crippen LogP contribution is -2.20. The van der Waals surface area contributed by atoms with Gasteiger partial charge in [0.25, 0.3) is 0 Å². The van der Waals surface area contributed by atoms with Crippen molar-refractivity contribution in [1.82, 2.24) is 10.3 Å². The van der Waals surface area contributed by atoms with Crippen LogP contribution in [0.1, 0.15) is 24.4 Å². The van der Waals surface area contributed by atoms with Gasteiger partial charge in [0.15, 0.2) is 5.43 Å². The van der Waals surface area contributed by atoms with E-state index in [1.54, 1.807) is 18.5 Å². The highest BCUT2D eigenvalue weighted by molar-refractivity contribution is 5.15. The molecule has 3 heteroatoms. The molecule has 1 saturated heterocycles. The highest BCUT2D eigenvalue weighted by Gasteiger charge is 2.17. The van der Waals surface area contributed by atoms with Gasteiger partial charge in [0.1, 0.15) is 0 Å². The van der Waals surface area contributed by atoms with Crippen LogP contribution in [0.25, 0.3) is 0 Å². The predicted octanol–water partition coefficient (Wildman–Crippen LogP) is 0.799. The molecule has 0 aliphatic carbocycles. The summed E-state index contributed by atoms with van der Waals surface area (Å²) < 4.78 is 0. The topological polar surface area (TPSA) is 44.9 Å². The molecule has 12 heavy (non-hydrogen) atoms. The van der Waals surface area contributed by atoms with Crippen LogP contribution < -0.4 is 10.7 Å². The second kappa shape index (κ2) is 3.11. The van der Waals surface area contributed by atoms with E-state index in [0.29, 0.717) is 0 Å². The van der Waals surface area contributed by atoms with Crippen LogP contribution in [0.4, 0.5) is 0 Å². The molecule has 0 aromatic carbocycles. The number of H-pyrrole nitrogens is 1. The van der Waals surface area contributed by atoms with Crippen LogP contribution in [-0.4, -0.2) is 11.5 Å². The van der Waals surface area contributed by atoms with E-state index < -0.39 is 0 Å². The normalized spacial score (nSPS) is 22.8. The van der Waals surface area contributed by atoms with Crippen LogP contribution in [0, 0.1) is 0 Å². The molecule has 1 atom stereocenters. The molecule has 1 aromatic rings. The molecular formula is C9H12N2O. The van der Waals surface area contributed by atoms with Gasteiger partial charge in [0.2, 0.25) is 0 Å². The molecule has 1 aliphatic heterocycles. The molecule has 1 aromatic heterocycles. The fourth-order valence-electron chi connectivity index (χ4n) is 1.65. The number of hydrogen-bond acceptors (Lipinski definition) is 2. The summed E-state index contributed by atoms with van der Waals surface area (Å²) in [5.74, 6) is 0. The summed E-state index contributed by atoms with van der Waals surface area (Å²) in [7, 11) is 0. The molecule has 0 radical (unpaired) electrons. The molecule has 0 amide bonds. The van der Waals surface area contributed by atoms with Gasteiger partial charge in [-0.25, -0.2) is 0 Å². The molecule has 2 heterocycles. The Hall–Kier alpha value is -1.09. The van der Waals surface area contributed by atoms with Crippen molar-refractivity contribution < 1.29 is 0 Å². The lowest BCUT2D eigenvalue weighted by Gasteiger charge is -2.07. The van der Waals surface area contributed by atoms with Crippen molar-refractivity contribution in [3.63, 3.8) is 0 Å². The van der Waals surface area contributed by atoms with Crippen molar-refractivity contribution in [2.24, 2.45) is 0 Å². The fourth-order valence-corrected chi connectivity index (χ4v) is 1.65. The van der Waals surface area contributed by atoms with E-state index in [9.17, 15) is 4.79 Å². The van der Waals surface area contributed by atoms with Gasteiger partial charge in [-0.2, -0.15) is 0 Å². The van der Waals surface area contributed by atoms with Gasteiger partial charge >= 0.3 is 0 Å². The molecule has 1 fully saturated rings. The molecular weight excluding hydrogens is 152 g/mol. The second-order valence-corrected chi connectivity index (χ2v) is 3.11. The first-order chi connectivity index (χ1) is 5.88. The maximum absolute atomic E-state index is 11.3. The molecule has 1 aliphatic rings. The van der Waals surface area contributed by atoms with Crippen molar-refractivity contribution >= 4 is 0 Å². The number of rotatable bonds is 1. The monoisotopic (exact) mass is 164 g/mol. The summed E-state index contributed by atoms with van der Waals surface area (Å²) in [4.78, 5) is 14.3. The van der Waals surface area contributed by atoms with E-state index in [-0.39, 0.29) is 11.5 Å². The first-order valence-corrected chi connectivity index (χ1v) is 4.28. The second-order valence-electron chi connectivity index (χ2n) is 3.11. The minimum atomic E-state index is 0.133. The molecule has 3 nitrogen and oxygen atoms in total. The minimum Gasteiger partial charge on any atom is -0.367 e. The van der Waals surface area contributed by atoms with Crippen molar-refractivity contribution in [2.75, 3.05) is 6.54 Å². The third-order valence-corrected chi connectivity index (χ3v) is 2.29. The number of aromatic nitrogens is 1. The third-order valence-electron chi connectivity index (χ3n) is 2.29. The smallest absolute Gasteiger partial charge is 0.186 e. The van der Waals surface area contributed by atoms with E-state index in [4.69, 9.17) is 0 Å². The third kappa shape index (κ3) is 1.28. The van der Waals surface area contributed by atoms with Crippen molar-refractivity contribution in [3.8, 4) is 0 Å². The van der Waals surface area contributed by atoms with Crippen LogP contribution >= 0.6 is 0 Å². The minimum absolute atomic E-state index is 0.133. The number of nitrogens with one attached hydrogen (secondary N) is 2. The summed E-state index contributed by atoms with van der Waals surface area (Å²) in [5, 5.41) is 3.29. The van der Waals surface area contributed by atoms with E-state index in [1.807, 2.05) is 0 Å². The van der Waals surface area contributed by atoms with Gasteiger partial charge in [-0.05, 0) is 19.4 Å². The molecule has 0 unspecified atom stereocenters. The van der Waals surface area contributed by atoms with Crippen LogP contribution in [0.2, 0.25) is 0 Å². The Balaban J connectivity index is 2.32. The molecule has 2 N–H and O–H groups in total. The average Bonchev–Trinajstić information content (AvgIpc) is 2.57. The van der Waals surface area contributed by atoms with Crippen LogP contribution in [-0.2, 0) is 0 Å². The summed E-state index contributed by atoms with van der Waals surface area (Å²) in [5.41, 5.74) is 1.00. The van der Waals surface area contributed by atoms with Crippen molar-refractivity contribution in [1.29, 1.82) is 0 Å². The van der Waals surface area contributed by atoms with E-state index in [1.165, 1.54) is 6.42 Å². The SMILES string of the molecule is O=c1cc[nH]cc1[C@H]1CCCN1. The molecule has 0 saturated carbocycles. The van der Waals surface area contributed by atoms with Crippen molar-refractivity contribution in [2.45, 2.75) is 18.9 Å². The quantitative estimate of drug-likeness (QED) is 0.644. The zero-order chi connectivity index (χ0) is 8.39. The zero-order valence-corrected chi connectivity index (χ0v) is 6.84. The van der Waals surface area contributed by atoms with Gasteiger partial charge < -0.3 is 10.3 Å². The lowest BCUT2D eigenvalue weighted by molar-refractivity contribution is 0.640. The first kappa shape index (κ1) is 7.55. The summed E-state index contributed by atoms with van der Waals surface area (Å²) >= 11 is 0. The maximum atomic E-state index is 11.3. The van der Waals surface area contributed by atoms with E-state index >= 15 is 0 Å². The Morgan fingerprint density at radius 1 is 1.50 bits per heavy atom. The van der Waals surface area contributed by atoms with Gasteiger partial charge in [-0.15, -0.1) is 0 Å². The Bertz CT molecular complexity index is 312. The summed E-state index contributed by atoms with van der Waals surface area (Å²) in [6, 6.07) is 1.85. The highest BCUT2D eigenvalue weighted by atomic mass is 16.1. The van der Waals surface area contributed by atoms with Crippen LogP contribution in [0.5, 0.6) is 0 Å². The standard InChI is InChI=1S/C9H12N2O/c12-9-3-5-10-6-7(9)8-2-1-4-11-8/h3,5-6,8,11H,1-2,4H2,(H,10,12)/t8-/m1/s1. The van der Waals surface area contributed by atoms with Gasteiger partial charge in [-0.1, -0.05) is 0 Å². The zero-order valence-electron chi connectivity index (χ0n) is 6.84. The Morgan fingerprint density at radius 3 is 3.08 bits per heavy atom. The lowest BCUT2D eigenvalue weighted by atomic mass is 10.1. The van der Waals surface area contributed by atoms with E-state index in [0.717, 1.165) is 18.5 Å². The molecule has 64 valence electrons. The summed E-state index contributed by atoms with van der Waals surface area (Å²) in [6.45, 7) is 1.03. The Morgan fingerprint density at radius 2 is 2.42 bits per heavy atom. The molecule has 2 rings (SSSR count). The predicted molar refractivity (Wildman–Crippen MR) is 47.0 cm³/mol. The molecule has 0 bridgehead atoms. The highest BCUT2D eigenvalue weighted by Crippen LogP contribution is 2.18. The Labute approximate surface area is 70.8 Å². The number of pyridine rings is 1. The van der Waals surface area contributed by atoms with Gasteiger partial charge in [0, 0.05) is 30.1 Å². The Kier molecular flexibility index (Phi) is 1.96. The van der Waals surface area contributed by atoms with Gasteiger partial charge in [-0.3, -0.25) is 4.79 Å². The number of hydrogen-bond donors (Lipinski definition) is 2. The summed E-state index contributed by atoms with van der Waals surface area (Å²) in [6.07, 6.45) is 5.71. The largest absolute Gasteiger partial charge is 0.367 e. The van der Waals surface area contributed by atoms with Crippen molar-refractivity contribution in [3.05, 3.63) is 34.2 Å². The first-order valence-electron chi connectivity index (χ1n) is 4.28. The van der Waals surface area contributed by atoms with Crippen LogP contribution in [0.3, 0.4) is 0 Å². The maximum Gasteiger partial charge on any atom is 0.186 e. The average molecular weight is 164 g/mol. The fraction of sp³-hybridized carbons (Fsp3) is 0.444. The number of aromatic amines is 1. The van der Waals surface area contributed by atoms with Gasteiger partial charge in [0.05, 0.1) is 0 Å². The van der Waals surface area contributed by atoms with E-state index in [2.05, 4.69) is 10.3 Å².